The number of hydrogen-bond acceptors (Lipinski definition) is 3. The fraction of sp³-hybridized carbons (Fsp3) is 0.429. The Labute approximate surface area is 194 Å². The van der Waals surface area contributed by atoms with Crippen LogP contribution in [0.4, 0.5) is 0 Å². The van der Waals surface area contributed by atoms with Crippen LogP contribution in [0.25, 0.3) is 0 Å². The van der Waals surface area contributed by atoms with Gasteiger partial charge >= 0.3 is 0 Å². The summed E-state index contributed by atoms with van der Waals surface area (Å²) >= 11 is 0. The second-order valence-electron chi connectivity index (χ2n) is 7.54. The molecule has 0 aliphatic carbocycles. The average molecular weight is 458 g/mol. The highest BCUT2D eigenvalue weighted by molar-refractivity contribution is 5.93. The number of guanidine groups is 4. The SMILES string of the molecule is CN=C(N=C(N)N)NCCc1ccn(CN(C)C(N)=NC(N)=NCCc2cocc2C)c1C. The number of aliphatic imine (C=N–C) groups is 4. The zero-order valence-corrected chi connectivity index (χ0v) is 19.7. The van der Waals surface area contributed by atoms with E-state index in [0.29, 0.717) is 25.7 Å². The molecule has 0 atom stereocenters. The standard InChI is InChI=1S/C21H35N11O/c1-14-11-33-12-17(14)6-8-27-19(24)30-20(25)31(4)13-32-10-7-16(15(32)2)5-9-28-21(26-3)29-18(22)23/h7,10-12H,5-6,8-9,13H2,1-4H3,(H4,24,25,27,30)(H5,22,23,26,28,29). The lowest BCUT2D eigenvalue weighted by Crippen LogP contribution is -2.37. The molecule has 12 nitrogen and oxygen atoms in total. The van der Waals surface area contributed by atoms with Crippen molar-refractivity contribution in [2.45, 2.75) is 33.4 Å². The third kappa shape index (κ3) is 7.91. The van der Waals surface area contributed by atoms with Crippen molar-refractivity contribution in [3.63, 3.8) is 0 Å². The maximum Gasteiger partial charge on any atom is 0.220 e. The van der Waals surface area contributed by atoms with E-state index in [1.165, 1.54) is 5.56 Å². The number of furan rings is 1. The molecule has 12 heteroatoms. The van der Waals surface area contributed by atoms with E-state index in [9.17, 15) is 0 Å². The molecule has 0 spiro atoms. The van der Waals surface area contributed by atoms with E-state index in [1.807, 2.05) is 20.2 Å². The third-order valence-corrected chi connectivity index (χ3v) is 5.08. The van der Waals surface area contributed by atoms with E-state index in [1.54, 1.807) is 24.5 Å². The molecule has 0 fully saturated rings. The molecular weight excluding hydrogens is 422 g/mol. The molecule has 0 aromatic carbocycles. The smallest absolute Gasteiger partial charge is 0.220 e. The number of nitrogens with two attached hydrogens (primary N) is 4. The molecule has 0 aliphatic rings. The molecule has 0 unspecified atom stereocenters. The Kier molecular flexibility index (Phi) is 9.33. The van der Waals surface area contributed by atoms with Crippen LogP contribution in [-0.2, 0) is 19.5 Å². The fourth-order valence-electron chi connectivity index (χ4n) is 3.09. The third-order valence-electron chi connectivity index (χ3n) is 5.08. The zero-order chi connectivity index (χ0) is 24.4. The fourth-order valence-corrected chi connectivity index (χ4v) is 3.09. The summed E-state index contributed by atoms with van der Waals surface area (Å²) in [6.07, 6.45) is 6.94. The van der Waals surface area contributed by atoms with Gasteiger partial charge < -0.3 is 42.1 Å². The van der Waals surface area contributed by atoms with Gasteiger partial charge in [-0.1, -0.05) is 0 Å². The minimum absolute atomic E-state index is 0.0357. The van der Waals surface area contributed by atoms with Crippen LogP contribution in [0.1, 0.15) is 22.4 Å². The zero-order valence-electron chi connectivity index (χ0n) is 19.7. The Balaban J connectivity index is 1.89. The van der Waals surface area contributed by atoms with Crippen LogP contribution in [0, 0.1) is 13.8 Å². The predicted molar refractivity (Wildman–Crippen MR) is 133 cm³/mol. The van der Waals surface area contributed by atoms with Crippen molar-refractivity contribution in [3.05, 3.63) is 47.2 Å². The Hall–Kier alpha value is -3.96. The van der Waals surface area contributed by atoms with Gasteiger partial charge in [-0.2, -0.15) is 9.98 Å². The van der Waals surface area contributed by atoms with Crippen LogP contribution < -0.4 is 28.3 Å². The van der Waals surface area contributed by atoms with Crippen LogP contribution in [0.15, 0.2) is 49.2 Å². The van der Waals surface area contributed by atoms with Crippen molar-refractivity contribution in [1.82, 2.24) is 14.8 Å². The van der Waals surface area contributed by atoms with Crippen LogP contribution in [-0.4, -0.2) is 60.5 Å². The van der Waals surface area contributed by atoms with Crippen molar-refractivity contribution < 1.29 is 4.42 Å². The van der Waals surface area contributed by atoms with Gasteiger partial charge in [-0.05, 0) is 49.4 Å². The van der Waals surface area contributed by atoms with Crippen LogP contribution in [0.2, 0.25) is 0 Å². The number of aryl methyl sites for hydroxylation is 1. The second kappa shape index (κ2) is 12.2. The molecule has 0 amide bonds. The normalized spacial score (nSPS) is 12.7. The first-order valence-electron chi connectivity index (χ1n) is 10.5. The molecule has 0 saturated carbocycles. The quantitative estimate of drug-likeness (QED) is 0.269. The largest absolute Gasteiger partial charge is 0.472 e. The van der Waals surface area contributed by atoms with E-state index in [0.717, 1.165) is 29.7 Å². The minimum Gasteiger partial charge on any atom is -0.472 e. The van der Waals surface area contributed by atoms with Crippen LogP contribution in [0.3, 0.4) is 0 Å². The van der Waals surface area contributed by atoms with Crippen molar-refractivity contribution in [1.29, 1.82) is 0 Å². The van der Waals surface area contributed by atoms with Gasteiger partial charge in [0.05, 0.1) is 19.2 Å². The lowest BCUT2D eigenvalue weighted by molar-refractivity contribution is 0.395. The van der Waals surface area contributed by atoms with Crippen molar-refractivity contribution >= 4 is 23.8 Å². The van der Waals surface area contributed by atoms with Gasteiger partial charge in [0.1, 0.15) is 0 Å². The summed E-state index contributed by atoms with van der Waals surface area (Å²) in [5.74, 6) is 0.792. The number of nitrogens with one attached hydrogen (secondary N) is 1. The molecule has 9 N–H and O–H groups in total. The molecule has 2 rings (SSSR count). The van der Waals surface area contributed by atoms with Crippen molar-refractivity contribution in [2.24, 2.45) is 42.9 Å². The van der Waals surface area contributed by atoms with Crippen LogP contribution in [0.5, 0.6) is 0 Å². The molecule has 0 aliphatic heterocycles. The predicted octanol–water partition coefficient (Wildman–Crippen LogP) is -0.149. The van der Waals surface area contributed by atoms with E-state index >= 15 is 0 Å². The van der Waals surface area contributed by atoms with Crippen molar-refractivity contribution in [2.75, 3.05) is 27.2 Å². The van der Waals surface area contributed by atoms with E-state index in [-0.39, 0.29) is 17.9 Å². The number of hydrogen-bond donors (Lipinski definition) is 5. The molecular formula is C21H35N11O. The van der Waals surface area contributed by atoms with Gasteiger partial charge in [0, 0.05) is 39.1 Å². The molecule has 2 aromatic rings. The topological polar surface area (TPSA) is 187 Å². The van der Waals surface area contributed by atoms with Gasteiger partial charge in [-0.25, -0.2) is 0 Å². The first-order chi connectivity index (χ1) is 15.7. The molecule has 0 radical (unpaired) electrons. The minimum atomic E-state index is -0.0357. The van der Waals surface area contributed by atoms with E-state index in [2.05, 4.69) is 42.8 Å². The molecule has 2 aromatic heterocycles. The average Bonchev–Trinajstić information content (AvgIpc) is 3.32. The number of nitrogens with zero attached hydrogens (tertiary/aromatic N) is 6. The molecule has 0 saturated heterocycles. The molecule has 180 valence electrons. The Bertz CT molecular complexity index is 1020. The van der Waals surface area contributed by atoms with E-state index in [4.69, 9.17) is 27.4 Å². The maximum atomic E-state index is 6.11. The monoisotopic (exact) mass is 457 g/mol. The first kappa shape index (κ1) is 25.3. The summed E-state index contributed by atoms with van der Waals surface area (Å²) in [6.45, 7) is 5.71. The Morgan fingerprint density at radius 3 is 2.48 bits per heavy atom. The highest BCUT2D eigenvalue weighted by Gasteiger charge is 2.09. The summed E-state index contributed by atoms with van der Waals surface area (Å²) in [4.78, 5) is 18.2. The number of aromatic nitrogens is 1. The van der Waals surface area contributed by atoms with E-state index < -0.39 is 0 Å². The van der Waals surface area contributed by atoms with Gasteiger partial charge in [-0.3, -0.25) is 9.98 Å². The Morgan fingerprint density at radius 2 is 1.85 bits per heavy atom. The van der Waals surface area contributed by atoms with Gasteiger partial charge in [0.2, 0.25) is 17.9 Å². The van der Waals surface area contributed by atoms with Gasteiger partial charge in [0.15, 0.2) is 5.96 Å². The lowest BCUT2D eigenvalue weighted by Gasteiger charge is -2.20. The van der Waals surface area contributed by atoms with Crippen LogP contribution >= 0.6 is 0 Å². The lowest BCUT2D eigenvalue weighted by atomic mass is 10.1. The van der Waals surface area contributed by atoms with Crippen molar-refractivity contribution in [3.8, 4) is 0 Å². The Morgan fingerprint density at radius 1 is 1.09 bits per heavy atom. The summed E-state index contributed by atoms with van der Waals surface area (Å²) < 4.78 is 7.24. The first-order valence-corrected chi connectivity index (χ1v) is 10.5. The molecule has 0 bridgehead atoms. The molecule has 33 heavy (non-hydrogen) atoms. The second-order valence-corrected chi connectivity index (χ2v) is 7.54. The highest BCUT2D eigenvalue weighted by atomic mass is 16.3. The summed E-state index contributed by atoms with van der Waals surface area (Å²) in [5.41, 5.74) is 27.3. The summed E-state index contributed by atoms with van der Waals surface area (Å²) in [6, 6.07) is 2.06. The van der Waals surface area contributed by atoms with Gasteiger partial charge in [-0.15, -0.1) is 0 Å². The number of rotatable bonds is 8. The maximum absolute atomic E-state index is 6.11. The molecule has 2 heterocycles. The summed E-state index contributed by atoms with van der Waals surface area (Å²) in [5, 5.41) is 3.11. The summed E-state index contributed by atoms with van der Waals surface area (Å²) in [7, 11) is 3.47. The van der Waals surface area contributed by atoms with Gasteiger partial charge in [0.25, 0.3) is 0 Å². The highest BCUT2D eigenvalue weighted by Crippen LogP contribution is 2.11.